The van der Waals surface area contributed by atoms with Crippen molar-refractivity contribution in [2.45, 2.75) is 95.4 Å². The fourth-order valence-electron chi connectivity index (χ4n) is 5.25. The molecular formula is C29H48N6O12S. The predicted octanol–water partition coefficient (Wildman–Crippen LogP) is -2.24. The number of rotatable bonds is 17. The van der Waals surface area contributed by atoms with Gasteiger partial charge in [0, 0.05) is 31.7 Å². The maximum Gasteiger partial charge on any atom is 0.326 e. The Morgan fingerprint density at radius 1 is 0.792 bits per heavy atom. The molecule has 6 atom stereocenters. The number of unbranched alkanes of at least 4 members (excludes halogenated alkanes) is 1. The van der Waals surface area contributed by atoms with Gasteiger partial charge in [-0.25, -0.2) is 9.59 Å². The van der Waals surface area contributed by atoms with Gasteiger partial charge in [0.2, 0.25) is 29.5 Å². The quantitative estimate of drug-likeness (QED) is 0.0573. The fourth-order valence-corrected chi connectivity index (χ4v) is 5.41. The first-order valence-corrected chi connectivity index (χ1v) is 16.3. The lowest BCUT2D eigenvalue weighted by Gasteiger charge is -2.29. The van der Waals surface area contributed by atoms with Gasteiger partial charge in [-0.1, -0.05) is 6.92 Å². The van der Waals surface area contributed by atoms with Crippen LogP contribution in [0.3, 0.4) is 0 Å². The average molecular weight is 705 g/mol. The van der Waals surface area contributed by atoms with Crippen molar-refractivity contribution in [2.75, 3.05) is 32.0 Å². The molecule has 9 N–H and O–H groups in total. The molecule has 19 heteroatoms. The van der Waals surface area contributed by atoms with Gasteiger partial charge in [-0.2, -0.15) is 12.6 Å². The van der Waals surface area contributed by atoms with Gasteiger partial charge < -0.3 is 51.9 Å². The topological polar surface area (TPSA) is 286 Å². The first-order valence-electron chi connectivity index (χ1n) is 15.7. The molecule has 2 rings (SSSR count). The van der Waals surface area contributed by atoms with E-state index in [1.54, 1.807) is 6.92 Å². The average Bonchev–Trinajstić information content (AvgIpc) is 3.72. The minimum atomic E-state index is -1.62. The standard InChI is InChI=1S/C20H33N5O9.C9H15NO3S/c1-11(27)22-14(10-26)18(31)24-13(9-16(28)29)17(30)23-12(5-2-3-7-21)19(32)25-8-4-6-15(25)20(33)34;1-6(5-14)8(11)10-4-2-3-7(10)9(12)13/h12-15,26H,2-10,21H2,1H3,(H,22,27)(H,23,30)(H,24,31)(H,28,29)(H,33,34);6-7,14H,2-5H2,1H3,(H,12,13)/t12-,13-,14-,15+;6-,7+/m01/s1. The van der Waals surface area contributed by atoms with E-state index in [0.29, 0.717) is 44.5 Å². The van der Waals surface area contributed by atoms with Crippen LogP contribution in [0.25, 0.3) is 0 Å². The van der Waals surface area contributed by atoms with Crippen LogP contribution in [-0.4, -0.2) is 140 Å². The van der Waals surface area contributed by atoms with Gasteiger partial charge in [-0.15, -0.1) is 0 Å². The van der Waals surface area contributed by atoms with E-state index in [2.05, 4.69) is 28.6 Å². The first-order chi connectivity index (χ1) is 22.6. The number of aliphatic hydroxyl groups excluding tert-OH is 1. The lowest BCUT2D eigenvalue weighted by Crippen LogP contribution is -2.58. The Morgan fingerprint density at radius 3 is 1.73 bits per heavy atom. The molecule has 2 saturated heterocycles. The third-order valence-corrected chi connectivity index (χ3v) is 8.33. The third kappa shape index (κ3) is 13.3. The van der Waals surface area contributed by atoms with E-state index in [9.17, 15) is 48.6 Å². The number of carbonyl (C=O) groups is 8. The van der Waals surface area contributed by atoms with E-state index >= 15 is 0 Å². The number of nitrogens with one attached hydrogen (secondary N) is 3. The molecule has 2 fully saturated rings. The highest BCUT2D eigenvalue weighted by Gasteiger charge is 2.39. The molecule has 272 valence electrons. The highest BCUT2D eigenvalue weighted by Crippen LogP contribution is 2.21. The van der Waals surface area contributed by atoms with E-state index in [1.165, 1.54) is 9.80 Å². The van der Waals surface area contributed by atoms with Crippen LogP contribution >= 0.6 is 12.6 Å². The Morgan fingerprint density at radius 2 is 1.29 bits per heavy atom. The van der Waals surface area contributed by atoms with Crippen molar-refractivity contribution in [3.05, 3.63) is 0 Å². The summed E-state index contributed by atoms with van der Waals surface area (Å²) in [5.41, 5.74) is 5.49. The molecule has 0 radical (unpaired) electrons. The maximum atomic E-state index is 13.1. The number of carbonyl (C=O) groups excluding carboxylic acids is 5. The van der Waals surface area contributed by atoms with Crippen LogP contribution in [0.1, 0.15) is 65.2 Å². The van der Waals surface area contributed by atoms with E-state index < -0.39 is 84.8 Å². The highest BCUT2D eigenvalue weighted by molar-refractivity contribution is 7.80. The second-order valence-electron chi connectivity index (χ2n) is 11.6. The summed E-state index contributed by atoms with van der Waals surface area (Å²) in [6.45, 7) is 3.18. The molecule has 5 amide bonds. The lowest BCUT2D eigenvalue weighted by molar-refractivity contribution is -0.149. The van der Waals surface area contributed by atoms with Crippen molar-refractivity contribution >= 4 is 60.1 Å². The number of nitrogens with zero attached hydrogens (tertiary/aromatic N) is 2. The third-order valence-electron chi connectivity index (χ3n) is 7.79. The van der Waals surface area contributed by atoms with Gasteiger partial charge in [0.15, 0.2) is 0 Å². The first kappa shape index (κ1) is 42.1. The second kappa shape index (κ2) is 21.1. The number of thiol groups is 1. The number of hydrogen-bond acceptors (Lipinski definition) is 11. The van der Waals surface area contributed by atoms with Crippen LogP contribution in [0.2, 0.25) is 0 Å². The van der Waals surface area contributed by atoms with Crippen molar-refractivity contribution in [1.82, 2.24) is 25.8 Å². The number of carboxylic acid groups (broad SMARTS) is 3. The number of aliphatic carboxylic acids is 3. The van der Waals surface area contributed by atoms with Gasteiger partial charge in [0.25, 0.3) is 0 Å². The van der Waals surface area contributed by atoms with Gasteiger partial charge >= 0.3 is 17.9 Å². The molecule has 0 saturated carbocycles. The summed E-state index contributed by atoms with van der Waals surface area (Å²) in [7, 11) is 0. The second-order valence-corrected chi connectivity index (χ2v) is 11.9. The maximum absolute atomic E-state index is 13.1. The monoisotopic (exact) mass is 704 g/mol. The lowest BCUT2D eigenvalue weighted by atomic mass is 10.1. The Balaban J connectivity index is 0.000000682. The summed E-state index contributed by atoms with van der Waals surface area (Å²) in [5, 5.41) is 43.5. The summed E-state index contributed by atoms with van der Waals surface area (Å²) < 4.78 is 0. The zero-order valence-corrected chi connectivity index (χ0v) is 28.0. The molecule has 0 spiro atoms. The minimum Gasteiger partial charge on any atom is -0.481 e. The summed E-state index contributed by atoms with van der Waals surface area (Å²) >= 11 is 4.03. The van der Waals surface area contributed by atoms with Crippen LogP contribution in [-0.2, 0) is 38.4 Å². The molecule has 2 heterocycles. The molecule has 0 aromatic carbocycles. The van der Waals surface area contributed by atoms with Crippen molar-refractivity contribution in [3.8, 4) is 0 Å². The number of hydrogen-bond donors (Lipinski definition) is 9. The molecule has 0 aliphatic carbocycles. The number of carboxylic acids is 3. The number of aliphatic hydroxyl groups is 1. The molecule has 2 aliphatic rings. The van der Waals surface area contributed by atoms with Crippen molar-refractivity contribution in [2.24, 2.45) is 11.7 Å². The summed E-state index contributed by atoms with van der Waals surface area (Å²) in [5.74, 6) is -6.53. The van der Waals surface area contributed by atoms with Crippen molar-refractivity contribution in [3.63, 3.8) is 0 Å². The molecule has 0 unspecified atom stereocenters. The van der Waals surface area contributed by atoms with Gasteiger partial charge in [0.1, 0.15) is 30.2 Å². The number of nitrogens with two attached hydrogens (primary N) is 1. The number of amides is 5. The van der Waals surface area contributed by atoms with Crippen molar-refractivity contribution < 1.29 is 58.8 Å². The molecule has 18 nitrogen and oxygen atoms in total. The normalized spacial score (nSPS) is 19.5. The molecule has 48 heavy (non-hydrogen) atoms. The van der Waals surface area contributed by atoms with Crippen LogP contribution in [0.15, 0.2) is 0 Å². The van der Waals surface area contributed by atoms with E-state index in [1.807, 2.05) is 0 Å². The molecule has 0 aromatic rings. The molecule has 0 aromatic heterocycles. The van der Waals surface area contributed by atoms with Gasteiger partial charge in [-0.05, 0) is 51.5 Å². The highest BCUT2D eigenvalue weighted by atomic mass is 32.1. The van der Waals surface area contributed by atoms with Crippen LogP contribution < -0.4 is 21.7 Å². The van der Waals surface area contributed by atoms with Crippen LogP contribution in [0.5, 0.6) is 0 Å². The van der Waals surface area contributed by atoms with Gasteiger partial charge in [0.05, 0.1) is 13.0 Å². The minimum absolute atomic E-state index is 0.0927. The van der Waals surface area contributed by atoms with E-state index in [-0.39, 0.29) is 31.2 Å². The largest absolute Gasteiger partial charge is 0.481 e. The number of likely N-dealkylation sites (tertiary alicyclic amines) is 2. The summed E-state index contributed by atoms with van der Waals surface area (Å²) in [6, 6.07) is -5.84. The molecule has 2 aliphatic heterocycles. The van der Waals surface area contributed by atoms with Crippen molar-refractivity contribution in [1.29, 1.82) is 0 Å². The summed E-state index contributed by atoms with van der Waals surface area (Å²) in [4.78, 5) is 97.4. The molecular weight excluding hydrogens is 656 g/mol. The Kier molecular flexibility index (Phi) is 18.5. The zero-order valence-electron chi connectivity index (χ0n) is 27.1. The Labute approximate surface area is 283 Å². The predicted molar refractivity (Wildman–Crippen MR) is 171 cm³/mol. The van der Waals surface area contributed by atoms with Crippen LogP contribution in [0.4, 0.5) is 0 Å². The summed E-state index contributed by atoms with van der Waals surface area (Å²) in [6.07, 6.45) is 2.37. The zero-order chi connectivity index (χ0) is 36.6. The smallest absolute Gasteiger partial charge is 0.326 e. The Hall–Kier alpha value is -3.97. The van der Waals surface area contributed by atoms with Crippen LogP contribution in [0, 0.1) is 5.92 Å². The SMILES string of the molecule is CC(=O)N[C@@H](CO)C(=O)N[C@@H](CC(=O)O)C(=O)N[C@@H](CCCCN)C(=O)N1CCC[C@@H]1C(=O)O.C[C@H](CS)C(=O)N1CCC[C@H]1C(=O)O. The van der Waals surface area contributed by atoms with Gasteiger partial charge in [-0.3, -0.25) is 28.8 Å². The fraction of sp³-hybridized carbons (Fsp3) is 0.724. The Bertz CT molecular complexity index is 1170. The van der Waals surface area contributed by atoms with E-state index in [0.717, 1.165) is 13.3 Å². The molecule has 0 bridgehead atoms. The van der Waals surface area contributed by atoms with E-state index in [4.69, 9.17) is 15.9 Å².